The summed E-state index contributed by atoms with van der Waals surface area (Å²) >= 11 is 6.52. The van der Waals surface area contributed by atoms with Crippen molar-refractivity contribution in [1.82, 2.24) is 0 Å². The lowest BCUT2D eigenvalue weighted by atomic mass is 9.84. The molecule has 1 aliphatic carbocycles. The lowest BCUT2D eigenvalue weighted by Crippen LogP contribution is -2.19. The first-order valence-electron chi connectivity index (χ1n) is 9.15. The second-order valence-electron chi connectivity index (χ2n) is 6.94. The van der Waals surface area contributed by atoms with Crippen LogP contribution in [0.25, 0.3) is 0 Å². The molecule has 1 saturated carbocycles. The van der Waals surface area contributed by atoms with Gasteiger partial charge >= 0.3 is 5.97 Å². The Kier molecular flexibility index (Phi) is 8.20. The van der Waals surface area contributed by atoms with E-state index in [0.717, 1.165) is 43.2 Å². The lowest BCUT2D eigenvalue weighted by molar-refractivity contribution is -0.140. The number of unbranched alkanes of at least 4 members (excludes halogenated alkanes) is 3. The highest BCUT2D eigenvalue weighted by molar-refractivity contribution is 6.21. The van der Waals surface area contributed by atoms with Gasteiger partial charge in [0.1, 0.15) is 0 Å². The molecule has 0 aromatic heterocycles. The highest BCUT2D eigenvalue weighted by Crippen LogP contribution is 2.45. The Morgan fingerprint density at radius 3 is 2.52 bits per heavy atom. The summed E-state index contributed by atoms with van der Waals surface area (Å²) < 4.78 is 4.64. The van der Waals surface area contributed by atoms with Crippen LogP contribution < -0.4 is 0 Å². The van der Waals surface area contributed by atoms with Crippen molar-refractivity contribution >= 4 is 17.6 Å². The lowest BCUT2D eigenvalue weighted by Gasteiger charge is -2.24. The third-order valence-electron chi connectivity index (χ3n) is 5.25. The summed E-state index contributed by atoms with van der Waals surface area (Å²) in [5.74, 6) is 0.175. The van der Waals surface area contributed by atoms with E-state index >= 15 is 0 Å². The maximum Gasteiger partial charge on any atom is 0.305 e. The van der Waals surface area contributed by atoms with E-state index in [4.69, 9.17) is 11.6 Å². The van der Waals surface area contributed by atoms with Crippen molar-refractivity contribution in [2.24, 2.45) is 5.92 Å². The predicted molar refractivity (Wildman–Crippen MR) is 98.6 cm³/mol. The minimum absolute atomic E-state index is 0.00686. The van der Waals surface area contributed by atoms with Crippen LogP contribution in [-0.2, 0) is 16.1 Å². The topological polar surface area (TPSA) is 66.8 Å². The molecule has 0 bridgehead atoms. The summed E-state index contributed by atoms with van der Waals surface area (Å²) in [5.41, 5.74) is 1.98. The Morgan fingerprint density at radius 1 is 1.20 bits per heavy atom. The molecule has 2 N–H and O–H groups in total. The van der Waals surface area contributed by atoms with Crippen LogP contribution in [0.4, 0.5) is 0 Å². The number of carbonyl (C=O) groups excluding carboxylic acids is 1. The fourth-order valence-electron chi connectivity index (χ4n) is 3.84. The fourth-order valence-corrected chi connectivity index (χ4v) is 4.31. The molecule has 0 amide bonds. The number of carbonyl (C=O) groups is 1. The Morgan fingerprint density at radius 2 is 1.88 bits per heavy atom. The molecular formula is C20H29ClO4. The first-order valence-corrected chi connectivity index (χ1v) is 9.59. The minimum Gasteiger partial charge on any atom is -0.469 e. The van der Waals surface area contributed by atoms with Crippen LogP contribution in [0.3, 0.4) is 0 Å². The second kappa shape index (κ2) is 10.1. The van der Waals surface area contributed by atoms with Crippen LogP contribution in [0, 0.1) is 5.92 Å². The highest BCUT2D eigenvalue weighted by Gasteiger charge is 2.41. The number of hydrogen-bond acceptors (Lipinski definition) is 4. The van der Waals surface area contributed by atoms with E-state index in [2.05, 4.69) is 4.74 Å². The number of rotatable bonds is 9. The van der Waals surface area contributed by atoms with Crippen LogP contribution in [0.2, 0.25) is 0 Å². The molecule has 0 saturated heterocycles. The number of benzene rings is 1. The van der Waals surface area contributed by atoms with Crippen molar-refractivity contribution in [3.63, 3.8) is 0 Å². The zero-order chi connectivity index (χ0) is 18.2. The molecular weight excluding hydrogens is 340 g/mol. The third-order valence-corrected chi connectivity index (χ3v) is 5.75. The van der Waals surface area contributed by atoms with E-state index in [1.54, 1.807) is 0 Å². The van der Waals surface area contributed by atoms with Gasteiger partial charge in [-0.25, -0.2) is 0 Å². The Bertz CT molecular complexity index is 531. The summed E-state index contributed by atoms with van der Waals surface area (Å²) in [6.07, 6.45) is 5.65. The summed E-state index contributed by atoms with van der Waals surface area (Å²) in [6, 6.07) is 7.82. The van der Waals surface area contributed by atoms with Crippen LogP contribution in [-0.4, -0.2) is 34.8 Å². The highest BCUT2D eigenvalue weighted by atomic mass is 35.5. The smallest absolute Gasteiger partial charge is 0.305 e. The zero-order valence-corrected chi connectivity index (χ0v) is 15.6. The molecule has 0 aliphatic heterocycles. The van der Waals surface area contributed by atoms with Gasteiger partial charge < -0.3 is 14.9 Å². The molecule has 4 nitrogen and oxygen atoms in total. The first-order chi connectivity index (χ1) is 12.1. The van der Waals surface area contributed by atoms with E-state index in [-0.39, 0.29) is 29.8 Å². The van der Waals surface area contributed by atoms with Gasteiger partial charge in [-0.05, 0) is 36.3 Å². The number of aliphatic hydroxyl groups excluding tert-OH is 2. The van der Waals surface area contributed by atoms with Crippen molar-refractivity contribution in [3.8, 4) is 0 Å². The molecule has 1 aliphatic rings. The maximum atomic E-state index is 11.1. The number of methoxy groups -OCH3 is 1. The molecule has 0 radical (unpaired) electrons. The number of aliphatic hydroxyl groups is 2. The Labute approximate surface area is 155 Å². The van der Waals surface area contributed by atoms with Gasteiger partial charge in [-0.15, -0.1) is 11.6 Å². The molecule has 5 heteroatoms. The number of ether oxygens (including phenoxy) is 1. The third kappa shape index (κ3) is 5.70. The molecule has 1 aromatic carbocycles. The first kappa shape index (κ1) is 20.2. The van der Waals surface area contributed by atoms with E-state index in [9.17, 15) is 15.0 Å². The van der Waals surface area contributed by atoms with Gasteiger partial charge in [0.2, 0.25) is 0 Å². The summed E-state index contributed by atoms with van der Waals surface area (Å²) in [7, 11) is 1.42. The number of esters is 1. The average Bonchev–Trinajstić information content (AvgIpc) is 2.91. The van der Waals surface area contributed by atoms with Gasteiger partial charge in [0.25, 0.3) is 0 Å². The van der Waals surface area contributed by atoms with E-state index in [1.165, 1.54) is 7.11 Å². The molecule has 1 unspecified atom stereocenters. The number of halogens is 1. The summed E-state index contributed by atoms with van der Waals surface area (Å²) in [6.45, 7) is 0.0284. The summed E-state index contributed by atoms with van der Waals surface area (Å²) in [4.78, 5) is 11.1. The molecule has 0 heterocycles. The number of alkyl halides is 1. The van der Waals surface area contributed by atoms with E-state index in [1.807, 2.05) is 24.3 Å². The second-order valence-corrected chi connectivity index (χ2v) is 7.50. The van der Waals surface area contributed by atoms with Gasteiger partial charge in [0.15, 0.2) is 0 Å². The molecule has 2 rings (SSSR count). The van der Waals surface area contributed by atoms with Crippen LogP contribution in [0.5, 0.6) is 0 Å². The molecule has 25 heavy (non-hydrogen) atoms. The van der Waals surface area contributed by atoms with Gasteiger partial charge in [-0.2, -0.15) is 0 Å². The molecule has 0 spiro atoms. The van der Waals surface area contributed by atoms with Crippen molar-refractivity contribution < 1.29 is 19.7 Å². The fraction of sp³-hybridized carbons (Fsp3) is 0.650. The Balaban J connectivity index is 1.85. The van der Waals surface area contributed by atoms with Crippen molar-refractivity contribution in [2.45, 2.75) is 69.0 Å². The monoisotopic (exact) mass is 368 g/mol. The molecule has 4 atom stereocenters. The largest absolute Gasteiger partial charge is 0.469 e. The Hall–Kier alpha value is -1.10. The van der Waals surface area contributed by atoms with Crippen LogP contribution in [0.15, 0.2) is 24.3 Å². The summed E-state index contributed by atoms with van der Waals surface area (Å²) in [5, 5.41) is 19.6. The molecule has 140 valence electrons. The standard InChI is InChI=1S/C20H29ClO4/c1-25-19(24)7-5-3-2-4-6-16-17(21)12-18(23)20(16)15-10-8-14(13-22)9-11-15/h8-11,16-18,20,22-23H,2-7,12-13H2,1H3/t16-,17-,18-,20?/m1/s1. The van der Waals surface area contributed by atoms with E-state index in [0.29, 0.717) is 12.8 Å². The van der Waals surface area contributed by atoms with Gasteiger partial charge in [-0.3, -0.25) is 4.79 Å². The van der Waals surface area contributed by atoms with E-state index < -0.39 is 6.10 Å². The SMILES string of the molecule is COC(=O)CCCCCC[C@H]1C(c2ccc(CO)cc2)[C@H](O)C[C@H]1Cl. The minimum atomic E-state index is -0.410. The number of hydrogen-bond donors (Lipinski definition) is 2. The zero-order valence-electron chi connectivity index (χ0n) is 14.9. The van der Waals surface area contributed by atoms with Gasteiger partial charge in [0, 0.05) is 17.7 Å². The van der Waals surface area contributed by atoms with Gasteiger partial charge in [-0.1, -0.05) is 43.5 Å². The van der Waals surface area contributed by atoms with Crippen LogP contribution >= 0.6 is 11.6 Å². The van der Waals surface area contributed by atoms with Gasteiger partial charge in [0.05, 0.1) is 19.8 Å². The molecule has 1 fully saturated rings. The normalized spacial score (nSPS) is 25.9. The maximum absolute atomic E-state index is 11.1. The average molecular weight is 369 g/mol. The van der Waals surface area contributed by atoms with Crippen molar-refractivity contribution in [1.29, 1.82) is 0 Å². The van der Waals surface area contributed by atoms with Crippen molar-refractivity contribution in [3.05, 3.63) is 35.4 Å². The quantitative estimate of drug-likeness (QED) is 0.395. The van der Waals surface area contributed by atoms with Crippen molar-refractivity contribution in [2.75, 3.05) is 7.11 Å². The predicted octanol–water partition coefficient (Wildman–Crippen LogP) is 3.76. The molecule has 1 aromatic rings. The van der Waals surface area contributed by atoms with Crippen LogP contribution in [0.1, 0.15) is 62.0 Å².